The van der Waals surface area contributed by atoms with Crippen molar-refractivity contribution in [3.05, 3.63) is 30.1 Å². The van der Waals surface area contributed by atoms with Gasteiger partial charge in [0.2, 0.25) is 5.91 Å². The minimum absolute atomic E-state index is 0.0837. The Morgan fingerprint density at radius 3 is 3.21 bits per heavy atom. The number of aromatic nitrogens is 1. The molecule has 0 spiro atoms. The minimum atomic E-state index is -0.371. The van der Waals surface area contributed by atoms with Crippen LogP contribution in [0, 0.1) is 0 Å². The van der Waals surface area contributed by atoms with Crippen molar-refractivity contribution in [2.45, 2.75) is 31.3 Å². The second kappa shape index (κ2) is 6.91. The van der Waals surface area contributed by atoms with E-state index in [0.717, 1.165) is 37.1 Å². The third-order valence-corrected chi connectivity index (χ3v) is 4.20. The molecule has 4 nitrogen and oxygen atoms in total. The Hall–Kier alpha value is -1.07. The number of carbonyl (C=O) groups is 1. The number of nitrogens with zero attached hydrogens (tertiary/aromatic N) is 2. The van der Waals surface area contributed by atoms with Gasteiger partial charge >= 0.3 is 0 Å². The summed E-state index contributed by atoms with van der Waals surface area (Å²) in [4.78, 5) is 18.5. The van der Waals surface area contributed by atoms with E-state index in [0.29, 0.717) is 0 Å². The lowest BCUT2D eigenvalue weighted by molar-refractivity contribution is -0.133. The first-order valence-electron chi connectivity index (χ1n) is 6.69. The summed E-state index contributed by atoms with van der Waals surface area (Å²) < 4.78 is 0. The smallest absolute Gasteiger partial charge is 0.240 e. The SMILES string of the molecule is CSCC[C@H](N)C(=O)N1CCCC1c1cccnc1. The highest BCUT2D eigenvalue weighted by Crippen LogP contribution is 2.31. The van der Waals surface area contributed by atoms with E-state index < -0.39 is 0 Å². The Morgan fingerprint density at radius 2 is 2.53 bits per heavy atom. The van der Waals surface area contributed by atoms with Crippen LogP contribution in [0.2, 0.25) is 0 Å². The monoisotopic (exact) mass is 279 g/mol. The summed E-state index contributed by atoms with van der Waals surface area (Å²) in [5.41, 5.74) is 7.12. The molecule has 1 aromatic heterocycles. The van der Waals surface area contributed by atoms with E-state index in [-0.39, 0.29) is 18.0 Å². The van der Waals surface area contributed by atoms with Crippen molar-refractivity contribution in [1.29, 1.82) is 0 Å². The largest absolute Gasteiger partial charge is 0.334 e. The van der Waals surface area contributed by atoms with Gasteiger partial charge in [0.1, 0.15) is 0 Å². The number of likely N-dealkylation sites (tertiary alicyclic amines) is 1. The van der Waals surface area contributed by atoms with E-state index in [1.165, 1.54) is 0 Å². The molecule has 2 atom stereocenters. The lowest BCUT2D eigenvalue weighted by Gasteiger charge is -2.27. The molecule has 2 heterocycles. The molecule has 1 amide bonds. The molecule has 0 radical (unpaired) electrons. The van der Waals surface area contributed by atoms with Gasteiger partial charge in [-0.05, 0) is 42.9 Å². The van der Waals surface area contributed by atoms with Gasteiger partial charge < -0.3 is 10.6 Å². The van der Waals surface area contributed by atoms with Gasteiger partial charge in [-0.25, -0.2) is 0 Å². The average molecular weight is 279 g/mol. The summed E-state index contributed by atoms with van der Waals surface area (Å²) in [7, 11) is 0. The van der Waals surface area contributed by atoms with Crippen molar-refractivity contribution in [3.8, 4) is 0 Å². The number of hydrogen-bond donors (Lipinski definition) is 1. The Balaban J connectivity index is 2.04. The van der Waals surface area contributed by atoms with Crippen LogP contribution in [0.4, 0.5) is 0 Å². The Bertz CT molecular complexity index is 412. The average Bonchev–Trinajstić information content (AvgIpc) is 2.94. The quantitative estimate of drug-likeness (QED) is 0.893. The first kappa shape index (κ1) is 14.3. The molecule has 1 saturated heterocycles. The first-order chi connectivity index (χ1) is 9.24. The van der Waals surface area contributed by atoms with Crippen LogP contribution in [0.1, 0.15) is 30.9 Å². The lowest BCUT2D eigenvalue weighted by Crippen LogP contribution is -2.43. The van der Waals surface area contributed by atoms with Gasteiger partial charge in [-0.1, -0.05) is 6.07 Å². The molecule has 0 aliphatic carbocycles. The highest BCUT2D eigenvalue weighted by molar-refractivity contribution is 7.98. The molecule has 104 valence electrons. The van der Waals surface area contributed by atoms with Crippen LogP contribution in [0.5, 0.6) is 0 Å². The standard InChI is InChI=1S/C14H21N3OS/c1-19-9-6-12(15)14(18)17-8-3-5-13(17)11-4-2-7-16-10-11/h2,4,7,10,12-13H,3,5-6,8-9,15H2,1H3/t12-,13?/m0/s1. The summed E-state index contributed by atoms with van der Waals surface area (Å²) in [6, 6.07) is 3.74. The van der Waals surface area contributed by atoms with Crippen molar-refractivity contribution in [3.63, 3.8) is 0 Å². The van der Waals surface area contributed by atoms with Crippen LogP contribution in [-0.4, -0.2) is 40.4 Å². The molecular weight excluding hydrogens is 258 g/mol. The number of carbonyl (C=O) groups excluding carboxylic acids is 1. The number of hydrogen-bond acceptors (Lipinski definition) is 4. The molecule has 1 unspecified atom stereocenters. The van der Waals surface area contributed by atoms with E-state index >= 15 is 0 Å². The van der Waals surface area contributed by atoms with Gasteiger partial charge in [-0.15, -0.1) is 0 Å². The Morgan fingerprint density at radius 1 is 1.68 bits per heavy atom. The first-order valence-corrected chi connectivity index (χ1v) is 8.08. The van der Waals surface area contributed by atoms with Gasteiger partial charge in [0.05, 0.1) is 12.1 Å². The fraction of sp³-hybridized carbons (Fsp3) is 0.571. The van der Waals surface area contributed by atoms with Crippen LogP contribution in [0.3, 0.4) is 0 Å². The zero-order valence-electron chi connectivity index (χ0n) is 11.3. The molecule has 19 heavy (non-hydrogen) atoms. The molecule has 1 aliphatic rings. The zero-order valence-corrected chi connectivity index (χ0v) is 12.1. The number of rotatable bonds is 5. The molecule has 0 saturated carbocycles. The Kier molecular flexibility index (Phi) is 5.22. The van der Waals surface area contributed by atoms with Crippen molar-refractivity contribution in [1.82, 2.24) is 9.88 Å². The highest BCUT2D eigenvalue weighted by Gasteiger charge is 2.32. The third-order valence-electron chi connectivity index (χ3n) is 3.56. The molecule has 2 N–H and O–H groups in total. The van der Waals surface area contributed by atoms with Crippen molar-refractivity contribution < 1.29 is 4.79 Å². The van der Waals surface area contributed by atoms with Gasteiger partial charge in [-0.2, -0.15) is 11.8 Å². The van der Waals surface area contributed by atoms with Crippen LogP contribution in [-0.2, 0) is 4.79 Å². The summed E-state index contributed by atoms with van der Waals surface area (Å²) in [5.74, 6) is 1.01. The maximum atomic E-state index is 12.4. The molecule has 5 heteroatoms. The fourth-order valence-electron chi connectivity index (χ4n) is 2.53. The van der Waals surface area contributed by atoms with E-state index in [9.17, 15) is 4.79 Å². The second-order valence-corrected chi connectivity index (χ2v) is 5.85. The van der Waals surface area contributed by atoms with E-state index in [2.05, 4.69) is 4.98 Å². The van der Waals surface area contributed by atoms with Crippen LogP contribution < -0.4 is 5.73 Å². The minimum Gasteiger partial charge on any atom is -0.334 e. The van der Waals surface area contributed by atoms with Crippen LogP contribution in [0.15, 0.2) is 24.5 Å². The fourth-order valence-corrected chi connectivity index (χ4v) is 3.02. The van der Waals surface area contributed by atoms with Crippen LogP contribution >= 0.6 is 11.8 Å². The number of pyridine rings is 1. The molecule has 1 fully saturated rings. The van der Waals surface area contributed by atoms with Crippen molar-refractivity contribution >= 4 is 17.7 Å². The van der Waals surface area contributed by atoms with Crippen molar-refractivity contribution in [2.75, 3.05) is 18.6 Å². The second-order valence-electron chi connectivity index (χ2n) is 4.86. The van der Waals surface area contributed by atoms with Crippen molar-refractivity contribution in [2.24, 2.45) is 5.73 Å². The zero-order chi connectivity index (χ0) is 13.7. The molecule has 1 aromatic rings. The summed E-state index contributed by atoms with van der Waals surface area (Å²) >= 11 is 1.73. The topological polar surface area (TPSA) is 59.2 Å². The van der Waals surface area contributed by atoms with Gasteiger partial charge in [0, 0.05) is 18.9 Å². The summed E-state index contributed by atoms with van der Waals surface area (Å²) in [6.45, 7) is 0.811. The normalized spacial score (nSPS) is 20.5. The van der Waals surface area contributed by atoms with Gasteiger partial charge in [-0.3, -0.25) is 9.78 Å². The molecule has 2 rings (SSSR count). The predicted molar refractivity (Wildman–Crippen MR) is 78.9 cm³/mol. The lowest BCUT2D eigenvalue weighted by atomic mass is 10.1. The van der Waals surface area contributed by atoms with Crippen LogP contribution in [0.25, 0.3) is 0 Å². The van der Waals surface area contributed by atoms with Gasteiger partial charge in [0.25, 0.3) is 0 Å². The molecule has 0 aromatic carbocycles. The Labute approximate surface area is 118 Å². The predicted octanol–water partition coefficient (Wildman–Crippen LogP) is 1.83. The number of amides is 1. The summed E-state index contributed by atoms with van der Waals surface area (Å²) in [5, 5.41) is 0. The maximum absolute atomic E-state index is 12.4. The number of thioether (sulfide) groups is 1. The maximum Gasteiger partial charge on any atom is 0.240 e. The molecular formula is C14H21N3OS. The molecule has 1 aliphatic heterocycles. The van der Waals surface area contributed by atoms with E-state index in [1.807, 2.05) is 29.5 Å². The highest BCUT2D eigenvalue weighted by atomic mass is 32.2. The number of nitrogens with two attached hydrogens (primary N) is 1. The molecule has 0 bridgehead atoms. The van der Waals surface area contributed by atoms with Gasteiger partial charge in [0.15, 0.2) is 0 Å². The third kappa shape index (κ3) is 3.48. The van der Waals surface area contributed by atoms with E-state index in [1.54, 1.807) is 18.0 Å². The summed E-state index contributed by atoms with van der Waals surface area (Å²) in [6.07, 6.45) is 8.44. The van der Waals surface area contributed by atoms with E-state index in [4.69, 9.17) is 5.73 Å².